The predicted molar refractivity (Wildman–Crippen MR) is 51.2 cm³/mol. The first kappa shape index (κ1) is 11.9. The summed E-state index contributed by atoms with van der Waals surface area (Å²) in [6.07, 6.45) is 2.91. The number of carboxylic acids is 1. The summed E-state index contributed by atoms with van der Waals surface area (Å²) < 4.78 is 4.33. The van der Waals surface area contributed by atoms with Crippen molar-refractivity contribution in [3.8, 4) is 0 Å². The van der Waals surface area contributed by atoms with Crippen molar-refractivity contribution in [3.63, 3.8) is 0 Å². The van der Waals surface area contributed by atoms with Crippen molar-refractivity contribution in [2.45, 2.75) is 12.0 Å². The fraction of sp³-hybridized carbons (Fsp3) is 0.333. The molecule has 0 fully saturated rings. The van der Waals surface area contributed by atoms with Gasteiger partial charge in [0.05, 0.1) is 13.5 Å². The predicted octanol–water partition coefficient (Wildman–Crippen LogP) is 0.146. The minimum atomic E-state index is -2.13. The molecule has 0 heterocycles. The Morgan fingerprint density at radius 1 is 1.62 bits per heavy atom. The van der Waals surface area contributed by atoms with E-state index in [2.05, 4.69) is 4.74 Å². The molecule has 0 bridgehead atoms. The second-order valence-electron chi connectivity index (χ2n) is 3.21. The summed E-state index contributed by atoms with van der Waals surface area (Å²) in [6, 6.07) is 0. The van der Waals surface area contributed by atoms with Crippen LogP contribution in [0.4, 0.5) is 0 Å². The van der Waals surface area contributed by atoms with Crippen LogP contribution in [0.3, 0.4) is 0 Å². The van der Waals surface area contributed by atoms with E-state index in [-0.39, 0.29) is 5.57 Å². The average Bonchev–Trinajstić information content (AvgIpc) is 2.27. The van der Waals surface area contributed by atoms with Crippen LogP contribution in [-0.4, -0.2) is 34.6 Å². The summed E-state index contributed by atoms with van der Waals surface area (Å²) in [6.45, 7) is 0. The number of aliphatic carboxylic acids is 1. The van der Waals surface area contributed by atoms with Gasteiger partial charge in [0, 0.05) is 16.6 Å². The molecule has 1 unspecified atom stereocenters. The second-order valence-corrected chi connectivity index (χ2v) is 3.21. The third kappa shape index (κ3) is 1.79. The first-order valence-electron chi connectivity index (χ1n) is 4.28. The Morgan fingerprint density at radius 2 is 2.25 bits per heavy atom. The van der Waals surface area contributed by atoms with E-state index >= 15 is 0 Å². The fourth-order valence-electron chi connectivity index (χ4n) is 1.40. The maximum Gasteiger partial charge on any atom is 0.389 e. The van der Waals surface area contributed by atoms with Gasteiger partial charge in [0.25, 0.3) is 0 Å². The van der Waals surface area contributed by atoms with E-state index in [9.17, 15) is 19.7 Å². The standard InChI is InChI=1S/C9H9NO6/c1-16-8(13)9(10(14)15)4-2-3-6(5-9)7(11)12/h2-4H,5H2,1H3,(H,11,12). The van der Waals surface area contributed by atoms with Gasteiger partial charge in [-0.05, 0) is 0 Å². The molecular weight excluding hydrogens is 218 g/mol. The maximum atomic E-state index is 11.4. The molecule has 0 aromatic heterocycles. The molecule has 1 rings (SSSR count). The third-order valence-corrected chi connectivity index (χ3v) is 2.27. The summed E-state index contributed by atoms with van der Waals surface area (Å²) in [5, 5.41) is 19.6. The average molecular weight is 227 g/mol. The molecule has 1 N–H and O–H groups in total. The number of nitrogens with zero attached hydrogens (tertiary/aromatic N) is 1. The van der Waals surface area contributed by atoms with Crippen molar-refractivity contribution in [3.05, 3.63) is 33.9 Å². The van der Waals surface area contributed by atoms with Crippen molar-refractivity contribution in [2.75, 3.05) is 7.11 Å². The van der Waals surface area contributed by atoms with Crippen LogP contribution < -0.4 is 0 Å². The van der Waals surface area contributed by atoms with Gasteiger partial charge in [0.15, 0.2) is 0 Å². The number of nitro groups is 1. The molecule has 16 heavy (non-hydrogen) atoms. The highest BCUT2D eigenvalue weighted by atomic mass is 16.6. The van der Waals surface area contributed by atoms with Gasteiger partial charge in [0.2, 0.25) is 0 Å². The Bertz CT molecular complexity index is 410. The fourth-order valence-corrected chi connectivity index (χ4v) is 1.40. The second kappa shape index (κ2) is 4.13. The zero-order valence-electron chi connectivity index (χ0n) is 8.37. The summed E-state index contributed by atoms with van der Waals surface area (Å²) in [5.41, 5.74) is -2.33. The first-order valence-corrected chi connectivity index (χ1v) is 4.28. The Kier molecular flexibility index (Phi) is 3.07. The number of allylic oxidation sites excluding steroid dienone is 2. The van der Waals surface area contributed by atoms with E-state index < -0.39 is 28.8 Å². The zero-order chi connectivity index (χ0) is 12.3. The van der Waals surface area contributed by atoms with Crippen LogP contribution in [0, 0.1) is 10.1 Å². The third-order valence-electron chi connectivity index (χ3n) is 2.27. The summed E-state index contributed by atoms with van der Waals surface area (Å²) in [5.74, 6) is -2.37. The van der Waals surface area contributed by atoms with Gasteiger partial charge in [-0.15, -0.1) is 0 Å². The number of carbonyl (C=O) groups excluding carboxylic acids is 1. The van der Waals surface area contributed by atoms with Crippen molar-refractivity contribution >= 4 is 11.9 Å². The smallest absolute Gasteiger partial charge is 0.389 e. The highest BCUT2D eigenvalue weighted by Gasteiger charge is 2.52. The van der Waals surface area contributed by atoms with Crippen molar-refractivity contribution in [1.82, 2.24) is 0 Å². The first-order chi connectivity index (χ1) is 7.44. The highest BCUT2D eigenvalue weighted by molar-refractivity contribution is 5.91. The molecule has 0 aliphatic heterocycles. The lowest BCUT2D eigenvalue weighted by atomic mass is 9.87. The van der Waals surface area contributed by atoms with Crippen molar-refractivity contribution in [1.29, 1.82) is 0 Å². The van der Waals surface area contributed by atoms with Gasteiger partial charge in [-0.25, -0.2) is 9.59 Å². The SMILES string of the molecule is COC(=O)C1([N+](=O)[O-])C=CC=C(C(=O)O)C1. The van der Waals surface area contributed by atoms with Gasteiger partial charge in [0.1, 0.15) is 0 Å². The van der Waals surface area contributed by atoms with Crippen LogP contribution in [0.25, 0.3) is 0 Å². The van der Waals surface area contributed by atoms with E-state index in [1.807, 2.05) is 0 Å². The monoisotopic (exact) mass is 227 g/mol. The molecule has 0 aromatic rings. The molecule has 7 nitrogen and oxygen atoms in total. The van der Waals surface area contributed by atoms with Gasteiger partial charge in [-0.3, -0.25) is 10.1 Å². The Morgan fingerprint density at radius 3 is 2.69 bits per heavy atom. The summed E-state index contributed by atoms with van der Waals surface area (Å²) in [7, 11) is 1.01. The Balaban J connectivity index is 3.14. The number of hydrogen-bond donors (Lipinski definition) is 1. The van der Waals surface area contributed by atoms with Crippen LogP contribution in [0.5, 0.6) is 0 Å². The largest absolute Gasteiger partial charge is 0.478 e. The molecule has 0 aromatic carbocycles. The maximum absolute atomic E-state index is 11.4. The van der Waals surface area contributed by atoms with E-state index in [0.29, 0.717) is 0 Å². The van der Waals surface area contributed by atoms with Crippen molar-refractivity contribution in [2.24, 2.45) is 0 Å². The molecule has 0 saturated heterocycles. The van der Waals surface area contributed by atoms with E-state index in [1.54, 1.807) is 0 Å². The minimum absolute atomic E-state index is 0.204. The molecule has 1 atom stereocenters. The lowest BCUT2D eigenvalue weighted by Crippen LogP contribution is -2.47. The van der Waals surface area contributed by atoms with E-state index in [4.69, 9.17) is 5.11 Å². The Labute approximate surface area is 90.2 Å². The highest BCUT2D eigenvalue weighted by Crippen LogP contribution is 2.27. The molecule has 7 heteroatoms. The van der Waals surface area contributed by atoms with Crippen LogP contribution in [0.1, 0.15) is 6.42 Å². The number of rotatable bonds is 3. The van der Waals surface area contributed by atoms with Crippen LogP contribution in [0.2, 0.25) is 0 Å². The van der Waals surface area contributed by atoms with E-state index in [1.165, 1.54) is 12.2 Å². The number of ether oxygens (including phenoxy) is 1. The van der Waals surface area contributed by atoms with Crippen LogP contribution in [0.15, 0.2) is 23.8 Å². The molecule has 1 aliphatic carbocycles. The number of methoxy groups -OCH3 is 1. The number of carbonyl (C=O) groups is 2. The zero-order valence-corrected chi connectivity index (χ0v) is 8.37. The molecule has 86 valence electrons. The molecule has 0 amide bonds. The van der Waals surface area contributed by atoms with Gasteiger partial charge >= 0.3 is 17.5 Å². The van der Waals surface area contributed by atoms with Crippen LogP contribution in [-0.2, 0) is 14.3 Å². The molecule has 1 aliphatic rings. The minimum Gasteiger partial charge on any atom is -0.478 e. The summed E-state index contributed by atoms with van der Waals surface area (Å²) in [4.78, 5) is 32.1. The van der Waals surface area contributed by atoms with Gasteiger partial charge in [-0.2, -0.15) is 0 Å². The topological polar surface area (TPSA) is 107 Å². The Hall–Kier alpha value is -2.18. The number of esters is 1. The normalized spacial score (nSPS) is 23.4. The number of hydrogen-bond acceptors (Lipinski definition) is 5. The van der Waals surface area contributed by atoms with Crippen molar-refractivity contribution < 1.29 is 24.4 Å². The van der Waals surface area contributed by atoms with E-state index in [0.717, 1.165) is 13.2 Å². The lowest BCUT2D eigenvalue weighted by Gasteiger charge is -2.21. The molecule has 0 saturated carbocycles. The summed E-state index contributed by atoms with van der Waals surface area (Å²) >= 11 is 0. The molecule has 0 spiro atoms. The molecule has 0 radical (unpaired) electrons. The van der Waals surface area contributed by atoms with Gasteiger partial charge in [-0.1, -0.05) is 12.2 Å². The quantitative estimate of drug-likeness (QED) is 0.417. The number of carboxylic acid groups (broad SMARTS) is 1. The molecular formula is C9H9NO6. The lowest BCUT2D eigenvalue weighted by molar-refractivity contribution is -0.540. The van der Waals surface area contributed by atoms with Crippen LogP contribution >= 0.6 is 0 Å². The van der Waals surface area contributed by atoms with Gasteiger partial charge < -0.3 is 9.84 Å².